The molecule has 0 heterocycles. The molecule has 0 aromatic carbocycles. The number of sulfonamides is 1. The Morgan fingerprint density at radius 3 is 1.77 bits per heavy atom. The van der Waals surface area contributed by atoms with Gasteiger partial charge in [0.1, 0.15) is 6.54 Å². The molecule has 0 aromatic heterocycles. The first-order valence-corrected chi connectivity index (χ1v) is 11.3. The second kappa shape index (κ2) is 9.72. The highest BCUT2D eigenvalue weighted by Gasteiger charge is 2.79. The van der Waals surface area contributed by atoms with Gasteiger partial charge in [-0.2, -0.15) is 43.5 Å². The van der Waals surface area contributed by atoms with Crippen molar-refractivity contribution in [2.24, 2.45) is 0 Å². The molecule has 2 N–H and O–H groups in total. The molecule has 18 heteroatoms. The number of carbonyl (C=O) groups is 1. The van der Waals surface area contributed by atoms with Gasteiger partial charge in [-0.15, -0.1) is 0 Å². The summed E-state index contributed by atoms with van der Waals surface area (Å²) in [5, 5.41) is 2.01. The lowest BCUT2D eigenvalue weighted by atomic mass is 10.3. The quantitative estimate of drug-likeness (QED) is 0.215. The molecule has 0 aliphatic carbocycles. The van der Waals surface area contributed by atoms with Crippen LogP contribution in [-0.2, 0) is 24.9 Å². The van der Waals surface area contributed by atoms with E-state index >= 15 is 0 Å². The molecule has 9 nitrogen and oxygen atoms in total. The van der Waals surface area contributed by atoms with Crippen LogP contribution in [0.1, 0.15) is 12.8 Å². The van der Waals surface area contributed by atoms with Crippen molar-refractivity contribution in [3.8, 4) is 0 Å². The first-order valence-electron chi connectivity index (χ1n) is 8.29. The molecule has 0 aliphatic rings. The molecule has 0 radical (unpaired) electrons. The smallest absolute Gasteiger partial charge is 0.461 e. The maximum atomic E-state index is 13.7. The van der Waals surface area contributed by atoms with Crippen molar-refractivity contribution in [3.05, 3.63) is 0 Å². The summed E-state index contributed by atoms with van der Waals surface area (Å²) in [7, 11) is -8.10. The predicted molar refractivity (Wildman–Crippen MR) is 91.6 cm³/mol. The predicted octanol–water partition coefficient (Wildman–Crippen LogP) is 1.24. The number of nitrogens with zero attached hydrogens (tertiary/aromatic N) is 2. The standard InChI is InChI=1S/C13H21F7N2O7S2/c1-22(2,7-4-8-30(25,26)27)6-3-5-21(9-10(23)24)31(28,29)13(19,20)11(14,15)12(16,17)18/h3-9H2,1-2H3,(H-,23,24,25,26,27)/p+1. The molecule has 0 bridgehead atoms. The minimum atomic E-state index is -6.99. The Morgan fingerprint density at radius 1 is 0.935 bits per heavy atom. The molecule has 0 fully saturated rings. The third kappa shape index (κ3) is 7.99. The number of hydrogen-bond donors (Lipinski definition) is 2. The zero-order valence-corrected chi connectivity index (χ0v) is 17.9. The van der Waals surface area contributed by atoms with Crippen molar-refractivity contribution >= 4 is 26.1 Å². The van der Waals surface area contributed by atoms with E-state index in [1.807, 2.05) is 0 Å². The Bertz CT molecular complexity index is 843. The van der Waals surface area contributed by atoms with Gasteiger partial charge in [0.2, 0.25) is 0 Å². The van der Waals surface area contributed by atoms with Crippen LogP contribution in [0.5, 0.6) is 0 Å². The summed E-state index contributed by atoms with van der Waals surface area (Å²) in [6.07, 6.45) is -7.44. The van der Waals surface area contributed by atoms with Gasteiger partial charge in [-0.05, 0) is 0 Å². The molecule has 0 unspecified atom stereocenters. The third-order valence-corrected chi connectivity index (χ3v) is 6.73. The lowest BCUT2D eigenvalue weighted by Gasteiger charge is -2.33. The fourth-order valence-electron chi connectivity index (χ4n) is 2.39. The number of hydrogen-bond acceptors (Lipinski definition) is 5. The summed E-state index contributed by atoms with van der Waals surface area (Å²) in [4.78, 5) is 10.8. The monoisotopic (exact) mass is 515 g/mol. The van der Waals surface area contributed by atoms with E-state index in [4.69, 9.17) is 9.66 Å². The van der Waals surface area contributed by atoms with Crippen LogP contribution in [0.15, 0.2) is 0 Å². The van der Waals surface area contributed by atoms with E-state index in [-0.39, 0.29) is 24.0 Å². The molecular weight excluding hydrogens is 493 g/mol. The summed E-state index contributed by atoms with van der Waals surface area (Å²) in [5.74, 6) is -9.68. The summed E-state index contributed by atoms with van der Waals surface area (Å²) < 4.78 is 144. The lowest BCUT2D eigenvalue weighted by molar-refractivity contribution is -0.890. The van der Waals surface area contributed by atoms with Crippen LogP contribution >= 0.6 is 0 Å². The van der Waals surface area contributed by atoms with Crippen molar-refractivity contribution in [2.45, 2.75) is 30.2 Å². The largest absolute Gasteiger partial charge is 0.480 e. The SMILES string of the molecule is C[N+](C)(CCCN(CC(=O)O)S(=O)(=O)C(F)(F)C(F)(F)C(F)(F)F)CCCS(=O)(=O)O. The van der Waals surface area contributed by atoms with Crippen LogP contribution < -0.4 is 0 Å². The van der Waals surface area contributed by atoms with E-state index in [0.29, 0.717) is 0 Å². The van der Waals surface area contributed by atoms with Gasteiger partial charge in [0, 0.05) is 19.4 Å². The topological polar surface area (TPSA) is 129 Å². The minimum Gasteiger partial charge on any atom is -0.480 e. The van der Waals surface area contributed by atoms with Gasteiger partial charge in [-0.25, -0.2) is 8.42 Å². The van der Waals surface area contributed by atoms with E-state index in [0.717, 1.165) is 0 Å². The first-order chi connectivity index (χ1) is 13.5. The lowest BCUT2D eigenvalue weighted by Crippen LogP contribution is -2.60. The number of carboxylic acids is 1. The molecule has 0 amide bonds. The average molecular weight is 515 g/mol. The first kappa shape index (κ1) is 29.8. The summed E-state index contributed by atoms with van der Waals surface area (Å²) >= 11 is 0. The highest BCUT2D eigenvalue weighted by atomic mass is 32.2. The average Bonchev–Trinajstić information content (AvgIpc) is 2.50. The molecule has 0 rings (SSSR count). The summed E-state index contributed by atoms with van der Waals surface area (Å²) in [5.41, 5.74) is 0. The van der Waals surface area contributed by atoms with E-state index in [2.05, 4.69) is 0 Å². The van der Waals surface area contributed by atoms with Crippen molar-refractivity contribution < 1.29 is 66.5 Å². The van der Waals surface area contributed by atoms with Crippen molar-refractivity contribution in [1.29, 1.82) is 0 Å². The van der Waals surface area contributed by atoms with Gasteiger partial charge >= 0.3 is 23.3 Å². The Morgan fingerprint density at radius 2 is 1.39 bits per heavy atom. The van der Waals surface area contributed by atoms with Crippen LogP contribution in [0.4, 0.5) is 30.7 Å². The Hall–Kier alpha value is -1.24. The van der Waals surface area contributed by atoms with E-state index in [9.17, 15) is 52.4 Å². The van der Waals surface area contributed by atoms with Crippen molar-refractivity contribution in [3.63, 3.8) is 0 Å². The van der Waals surface area contributed by atoms with Crippen LogP contribution in [0.25, 0.3) is 0 Å². The Labute approximate surface area is 173 Å². The van der Waals surface area contributed by atoms with Gasteiger partial charge in [0.05, 0.1) is 32.9 Å². The zero-order chi connectivity index (χ0) is 25.1. The number of alkyl halides is 7. The Kier molecular flexibility index (Phi) is 9.33. The molecule has 0 spiro atoms. The fraction of sp³-hybridized carbons (Fsp3) is 0.923. The number of halogens is 7. The van der Waals surface area contributed by atoms with Crippen LogP contribution in [0.3, 0.4) is 0 Å². The molecule has 0 aliphatic heterocycles. The van der Waals surface area contributed by atoms with Gasteiger partial charge < -0.3 is 9.59 Å². The van der Waals surface area contributed by atoms with Crippen LogP contribution in [-0.4, -0.2) is 105 Å². The van der Waals surface area contributed by atoms with Gasteiger partial charge in [-0.3, -0.25) is 9.35 Å². The maximum absolute atomic E-state index is 13.7. The van der Waals surface area contributed by atoms with Crippen molar-refractivity contribution in [1.82, 2.24) is 4.31 Å². The van der Waals surface area contributed by atoms with Gasteiger partial charge in [0.15, 0.2) is 0 Å². The highest BCUT2D eigenvalue weighted by Crippen LogP contribution is 2.49. The number of quaternary nitrogens is 1. The summed E-state index contributed by atoms with van der Waals surface area (Å²) in [6, 6.07) is 0. The number of carboxylic acid groups (broad SMARTS) is 1. The van der Waals surface area contributed by atoms with Crippen LogP contribution in [0, 0.1) is 0 Å². The summed E-state index contributed by atoms with van der Waals surface area (Å²) in [6.45, 7) is -2.98. The van der Waals surface area contributed by atoms with E-state index in [1.54, 1.807) is 0 Å². The van der Waals surface area contributed by atoms with E-state index < -0.39 is 73.0 Å². The second-order valence-electron chi connectivity index (χ2n) is 7.20. The third-order valence-electron chi connectivity index (χ3n) is 4.03. The molecule has 0 aromatic rings. The number of aliphatic carboxylic acids is 1. The van der Waals surface area contributed by atoms with E-state index in [1.165, 1.54) is 14.1 Å². The molecular formula is C13H22F7N2O7S2+. The molecule has 0 saturated carbocycles. The molecule has 186 valence electrons. The Balaban J connectivity index is 5.51. The number of rotatable bonds is 13. The van der Waals surface area contributed by atoms with Gasteiger partial charge in [-0.1, -0.05) is 0 Å². The molecule has 0 saturated heterocycles. The second-order valence-corrected chi connectivity index (χ2v) is 10.7. The maximum Gasteiger partial charge on any atom is 0.461 e. The van der Waals surface area contributed by atoms with Gasteiger partial charge in [0.25, 0.3) is 20.1 Å². The highest BCUT2D eigenvalue weighted by molar-refractivity contribution is 7.90. The van der Waals surface area contributed by atoms with Crippen molar-refractivity contribution in [2.75, 3.05) is 46.0 Å². The zero-order valence-electron chi connectivity index (χ0n) is 16.2. The fourth-order valence-corrected chi connectivity index (χ4v) is 4.29. The van der Waals surface area contributed by atoms with Crippen LogP contribution in [0.2, 0.25) is 0 Å². The minimum absolute atomic E-state index is 0.0633. The normalized spacial score (nSPS) is 14.8. The molecule has 31 heavy (non-hydrogen) atoms. The molecule has 0 atom stereocenters.